The Balaban J connectivity index is 2.51. The van der Waals surface area contributed by atoms with Gasteiger partial charge in [-0.1, -0.05) is 31.9 Å². The van der Waals surface area contributed by atoms with E-state index in [9.17, 15) is 13.2 Å². The molecule has 5 heteroatoms. The van der Waals surface area contributed by atoms with E-state index in [0.717, 1.165) is 43.3 Å². The van der Waals surface area contributed by atoms with Gasteiger partial charge in [-0.2, -0.15) is 13.2 Å². The maximum absolute atomic E-state index is 12.2. The Kier molecular flexibility index (Phi) is 6.39. The quantitative estimate of drug-likeness (QED) is 0.559. The summed E-state index contributed by atoms with van der Waals surface area (Å²) in [6, 6.07) is 7.14. The Morgan fingerprint density at radius 3 is 2.56 bits per heavy atom. The summed E-state index contributed by atoms with van der Waals surface area (Å²) in [6.45, 7) is 2.92. The molecule has 1 aromatic rings. The molecule has 0 spiro atoms. The highest BCUT2D eigenvalue weighted by Crippen LogP contribution is 2.31. The van der Waals surface area contributed by atoms with Crippen LogP contribution >= 0.6 is 11.8 Å². The first-order valence-corrected chi connectivity index (χ1v) is 7.04. The molecule has 0 aromatic heterocycles. The van der Waals surface area contributed by atoms with E-state index in [4.69, 9.17) is 0 Å². The van der Waals surface area contributed by atoms with Crippen LogP contribution < -0.4 is 5.32 Å². The van der Waals surface area contributed by atoms with Gasteiger partial charge in [-0.3, -0.25) is 0 Å². The van der Waals surface area contributed by atoms with Crippen LogP contribution in [0.1, 0.15) is 26.2 Å². The van der Waals surface area contributed by atoms with Crippen LogP contribution in [0.15, 0.2) is 29.2 Å². The van der Waals surface area contributed by atoms with Crippen molar-refractivity contribution < 1.29 is 13.2 Å². The number of thioether (sulfide) groups is 1. The van der Waals surface area contributed by atoms with Crippen molar-refractivity contribution in [1.82, 2.24) is 0 Å². The number of rotatable bonds is 7. The molecule has 0 unspecified atom stereocenters. The Hall–Kier alpha value is -0.840. The monoisotopic (exact) mass is 277 g/mol. The van der Waals surface area contributed by atoms with Crippen LogP contribution in [0.5, 0.6) is 0 Å². The molecule has 1 nitrogen and oxygen atoms in total. The van der Waals surface area contributed by atoms with Gasteiger partial charge in [-0.15, -0.1) is 11.8 Å². The van der Waals surface area contributed by atoms with Gasteiger partial charge in [-0.25, -0.2) is 0 Å². The van der Waals surface area contributed by atoms with Crippen LogP contribution in [0.3, 0.4) is 0 Å². The zero-order valence-corrected chi connectivity index (χ0v) is 11.2. The molecule has 0 aliphatic rings. The van der Waals surface area contributed by atoms with E-state index in [2.05, 4.69) is 12.2 Å². The normalized spacial score (nSPS) is 11.6. The van der Waals surface area contributed by atoms with Crippen molar-refractivity contribution in [3.63, 3.8) is 0 Å². The Morgan fingerprint density at radius 1 is 1.17 bits per heavy atom. The lowest BCUT2D eigenvalue weighted by Gasteiger charge is -2.12. The number of anilines is 1. The van der Waals surface area contributed by atoms with Crippen LogP contribution in [0.2, 0.25) is 0 Å². The third-order valence-corrected chi connectivity index (χ3v) is 3.51. The summed E-state index contributed by atoms with van der Waals surface area (Å²) in [4.78, 5) is 0.659. The average molecular weight is 277 g/mol. The Bertz CT molecular complexity index is 352. The number of hydrogen-bond donors (Lipinski definition) is 1. The minimum Gasteiger partial charge on any atom is -0.384 e. The molecule has 1 rings (SSSR count). The lowest BCUT2D eigenvalue weighted by Crippen LogP contribution is -2.11. The maximum atomic E-state index is 12.2. The molecule has 0 fully saturated rings. The van der Waals surface area contributed by atoms with Crippen LogP contribution in [-0.2, 0) is 0 Å². The molecule has 1 N–H and O–H groups in total. The van der Waals surface area contributed by atoms with Gasteiger partial charge in [-0.05, 0) is 18.6 Å². The summed E-state index contributed by atoms with van der Waals surface area (Å²) in [5, 5.41) is 3.20. The minimum absolute atomic E-state index is 0.659. The van der Waals surface area contributed by atoms with E-state index in [-0.39, 0.29) is 0 Å². The Morgan fingerprint density at radius 2 is 1.89 bits per heavy atom. The van der Waals surface area contributed by atoms with Crippen molar-refractivity contribution in [1.29, 1.82) is 0 Å². The Labute approximate surface area is 110 Å². The molecule has 0 radical (unpaired) electrons. The summed E-state index contributed by atoms with van der Waals surface area (Å²) in [5.41, 5.74) is 0.794. The summed E-state index contributed by atoms with van der Waals surface area (Å²) in [6.07, 6.45) is -0.828. The lowest BCUT2D eigenvalue weighted by atomic mass is 10.2. The number of alkyl halides is 3. The van der Waals surface area contributed by atoms with E-state index in [1.165, 1.54) is 0 Å². The number of unbranched alkanes of at least 4 members (excludes halogenated alkanes) is 2. The van der Waals surface area contributed by atoms with Gasteiger partial charge in [0.2, 0.25) is 0 Å². The van der Waals surface area contributed by atoms with Gasteiger partial charge < -0.3 is 5.32 Å². The van der Waals surface area contributed by atoms with Crippen molar-refractivity contribution >= 4 is 17.4 Å². The van der Waals surface area contributed by atoms with Crippen LogP contribution in [-0.4, -0.2) is 18.5 Å². The highest BCUT2D eigenvalue weighted by Gasteiger charge is 2.27. The van der Waals surface area contributed by atoms with Crippen molar-refractivity contribution in [2.75, 3.05) is 17.6 Å². The largest absolute Gasteiger partial charge is 0.398 e. The topological polar surface area (TPSA) is 12.0 Å². The second-order valence-corrected chi connectivity index (χ2v) is 5.05. The smallest absolute Gasteiger partial charge is 0.384 e. The number of benzene rings is 1. The first-order chi connectivity index (χ1) is 8.53. The minimum atomic E-state index is -4.13. The fourth-order valence-corrected chi connectivity index (χ4v) is 2.29. The molecular formula is C13H18F3NS. The van der Waals surface area contributed by atoms with Gasteiger partial charge in [0.05, 0.1) is 5.75 Å². The standard InChI is InChI=1S/C13H18F3NS/c1-2-3-6-9-17-11-7-4-5-8-12(11)18-10-13(14,15)16/h4-5,7-8,17H,2-3,6,9-10H2,1H3. The zero-order chi connectivity index (χ0) is 13.4. The molecule has 18 heavy (non-hydrogen) atoms. The van der Waals surface area contributed by atoms with E-state index < -0.39 is 11.9 Å². The second kappa shape index (κ2) is 7.56. The van der Waals surface area contributed by atoms with Crippen molar-refractivity contribution in [3.8, 4) is 0 Å². The maximum Gasteiger partial charge on any atom is 0.398 e. The van der Waals surface area contributed by atoms with Crippen molar-refractivity contribution in [3.05, 3.63) is 24.3 Å². The summed E-state index contributed by atoms with van der Waals surface area (Å²) in [5.74, 6) is -0.847. The fourth-order valence-electron chi connectivity index (χ4n) is 1.50. The highest BCUT2D eigenvalue weighted by molar-refractivity contribution is 7.99. The predicted octanol–water partition coefficient (Wildman–Crippen LogP) is 4.94. The molecule has 0 bridgehead atoms. The third kappa shape index (κ3) is 6.19. The second-order valence-electron chi connectivity index (χ2n) is 4.03. The molecule has 0 aliphatic carbocycles. The van der Waals surface area contributed by atoms with E-state index in [0.29, 0.717) is 4.90 Å². The van der Waals surface area contributed by atoms with E-state index in [1.54, 1.807) is 12.1 Å². The molecule has 0 saturated heterocycles. The number of hydrogen-bond acceptors (Lipinski definition) is 2. The fraction of sp³-hybridized carbons (Fsp3) is 0.538. The lowest BCUT2D eigenvalue weighted by molar-refractivity contribution is -0.105. The number of para-hydroxylation sites is 1. The molecular weight excluding hydrogens is 259 g/mol. The molecule has 0 atom stereocenters. The first-order valence-electron chi connectivity index (χ1n) is 6.05. The van der Waals surface area contributed by atoms with E-state index >= 15 is 0 Å². The predicted molar refractivity (Wildman–Crippen MR) is 71.2 cm³/mol. The molecule has 0 saturated carbocycles. The van der Waals surface area contributed by atoms with Crippen molar-refractivity contribution in [2.45, 2.75) is 37.3 Å². The molecule has 102 valence electrons. The van der Waals surface area contributed by atoms with Gasteiger partial charge in [0.1, 0.15) is 0 Å². The van der Waals surface area contributed by atoms with Crippen LogP contribution in [0.4, 0.5) is 18.9 Å². The average Bonchev–Trinajstić information content (AvgIpc) is 2.32. The van der Waals surface area contributed by atoms with Gasteiger partial charge in [0.15, 0.2) is 0 Å². The summed E-state index contributed by atoms with van der Waals surface area (Å²) < 4.78 is 36.6. The third-order valence-electron chi connectivity index (χ3n) is 2.37. The van der Waals surface area contributed by atoms with Crippen LogP contribution in [0, 0.1) is 0 Å². The highest BCUT2D eigenvalue weighted by atomic mass is 32.2. The SMILES string of the molecule is CCCCCNc1ccccc1SCC(F)(F)F. The molecule has 0 aliphatic heterocycles. The van der Waals surface area contributed by atoms with Crippen molar-refractivity contribution in [2.24, 2.45) is 0 Å². The molecule has 1 aromatic carbocycles. The van der Waals surface area contributed by atoms with Gasteiger partial charge in [0, 0.05) is 17.1 Å². The zero-order valence-electron chi connectivity index (χ0n) is 10.4. The molecule has 0 amide bonds. The van der Waals surface area contributed by atoms with Gasteiger partial charge >= 0.3 is 6.18 Å². The first kappa shape index (κ1) is 15.2. The summed E-state index contributed by atoms with van der Waals surface area (Å²) in [7, 11) is 0. The van der Waals surface area contributed by atoms with Crippen LogP contribution in [0.25, 0.3) is 0 Å². The molecule has 0 heterocycles. The van der Waals surface area contributed by atoms with E-state index in [1.807, 2.05) is 12.1 Å². The van der Waals surface area contributed by atoms with Gasteiger partial charge in [0.25, 0.3) is 0 Å². The number of nitrogens with one attached hydrogen (secondary N) is 1. The summed E-state index contributed by atoms with van der Waals surface area (Å²) >= 11 is 0.830. The number of halogens is 3.